The Morgan fingerprint density at radius 1 is 1.14 bits per heavy atom. The molecular weight excluding hydrogens is 360 g/mol. The minimum absolute atomic E-state index is 0.130. The molecule has 2 fully saturated rings. The van der Waals surface area contributed by atoms with Crippen molar-refractivity contribution in [3.63, 3.8) is 0 Å². The van der Waals surface area contributed by atoms with E-state index in [1.807, 2.05) is 17.0 Å². The van der Waals surface area contributed by atoms with Crippen LogP contribution in [0.2, 0.25) is 0 Å². The van der Waals surface area contributed by atoms with Crippen LogP contribution in [0.15, 0.2) is 18.2 Å². The second-order valence-electron chi connectivity index (χ2n) is 7.47. The number of piperazine rings is 1. The Morgan fingerprint density at radius 3 is 2.68 bits per heavy atom. The predicted molar refractivity (Wildman–Crippen MR) is 100 cm³/mol. The van der Waals surface area contributed by atoms with Gasteiger partial charge in [0.15, 0.2) is 0 Å². The van der Waals surface area contributed by atoms with Crippen molar-refractivity contribution in [1.29, 1.82) is 0 Å². The van der Waals surface area contributed by atoms with Crippen LogP contribution < -0.4 is 10.6 Å². The summed E-state index contributed by atoms with van der Waals surface area (Å²) in [5.74, 6) is -0.754. The Kier molecular flexibility index (Phi) is 5.13. The molecule has 3 aliphatic rings. The van der Waals surface area contributed by atoms with E-state index in [0.717, 1.165) is 37.3 Å². The molecule has 1 atom stereocenters. The molecule has 0 aromatic heterocycles. The third-order valence-electron chi connectivity index (χ3n) is 5.76. The van der Waals surface area contributed by atoms with Crippen LogP contribution in [0.4, 0.5) is 0 Å². The van der Waals surface area contributed by atoms with Gasteiger partial charge in [-0.2, -0.15) is 0 Å². The number of piperidine rings is 1. The molecule has 1 aromatic rings. The molecule has 8 heteroatoms. The molecule has 0 radical (unpaired) electrons. The highest BCUT2D eigenvalue weighted by Gasteiger charge is 2.39. The van der Waals surface area contributed by atoms with Crippen molar-refractivity contribution >= 4 is 23.6 Å². The fourth-order valence-electron chi connectivity index (χ4n) is 4.20. The summed E-state index contributed by atoms with van der Waals surface area (Å²) in [4.78, 5) is 52.3. The van der Waals surface area contributed by atoms with Gasteiger partial charge in [-0.25, -0.2) is 0 Å². The highest BCUT2D eigenvalue weighted by molar-refractivity contribution is 6.05. The quantitative estimate of drug-likeness (QED) is 0.702. The molecule has 28 heavy (non-hydrogen) atoms. The molecule has 8 nitrogen and oxygen atoms in total. The van der Waals surface area contributed by atoms with Gasteiger partial charge < -0.3 is 15.1 Å². The van der Waals surface area contributed by atoms with E-state index in [9.17, 15) is 19.2 Å². The van der Waals surface area contributed by atoms with Gasteiger partial charge in [-0.15, -0.1) is 0 Å². The molecule has 4 amide bonds. The van der Waals surface area contributed by atoms with Gasteiger partial charge in [0, 0.05) is 51.1 Å². The van der Waals surface area contributed by atoms with Crippen LogP contribution in [0.3, 0.4) is 0 Å². The molecule has 2 N–H and O–H groups in total. The average Bonchev–Trinajstić information content (AvgIpc) is 3.04. The van der Waals surface area contributed by atoms with E-state index < -0.39 is 11.9 Å². The normalized spacial score (nSPS) is 22.3. The van der Waals surface area contributed by atoms with E-state index in [1.165, 1.54) is 0 Å². The first-order valence-corrected chi connectivity index (χ1v) is 9.78. The van der Waals surface area contributed by atoms with Crippen molar-refractivity contribution in [2.24, 2.45) is 0 Å². The summed E-state index contributed by atoms with van der Waals surface area (Å²) in [6.45, 7) is 3.45. The van der Waals surface area contributed by atoms with Crippen molar-refractivity contribution in [2.45, 2.75) is 38.3 Å². The van der Waals surface area contributed by atoms with E-state index in [0.29, 0.717) is 31.4 Å². The number of aryl methyl sites for hydroxylation is 1. The first kappa shape index (κ1) is 18.6. The monoisotopic (exact) mass is 384 g/mol. The number of rotatable bonds is 4. The number of carbonyl (C=O) groups is 4. The minimum atomic E-state index is -0.618. The van der Waals surface area contributed by atoms with Crippen molar-refractivity contribution in [1.82, 2.24) is 20.4 Å². The maximum Gasteiger partial charge on any atom is 0.255 e. The number of hydrogen-bond donors (Lipinski definition) is 2. The number of amides is 4. The lowest BCUT2D eigenvalue weighted by atomic mass is 9.99. The van der Waals surface area contributed by atoms with Crippen molar-refractivity contribution in [3.8, 4) is 0 Å². The third kappa shape index (κ3) is 3.52. The number of carbonyl (C=O) groups excluding carboxylic acids is 4. The van der Waals surface area contributed by atoms with Crippen LogP contribution in [0.1, 0.15) is 40.7 Å². The van der Waals surface area contributed by atoms with Gasteiger partial charge in [0.05, 0.1) is 0 Å². The summed E-state index contributed by atoms with van der Waals surface area (Å²) in [6.07, 6.45) is 1.56. The van der Waals surface area contributed by atoms with E-state index in [2.05, 4.69) is 10.6 Å². The second kappa shape index (κ2) is 7.71. The minimum Gasteiger partial charge on any atom is -0.340 e. The predicted octanol–water partition coefficient (Wildman–Crippen LogP) is -0.188. The molecule has 2 saturated heterocycles. The first-order valence-electron chi connectivity index (χ1n) is 9.78. The summed E-state index contributed by atoms with van der Waals surface area (Å²) in [5, 5.41) is 5.55. The van der Waals surface area contributed by atoms with Gasteiger partial charge in [0.2, 0.25) is 17.7 Å². The average molecular weight is 384 g/mol. The number of benzene rings is 1. The Balaban J connectivity index is 1.46. The Labute approximate surface area is 163 Å². The molecule has 0 saturated carbocycles. The molecule has 0 spiro atoms. The lowest BCUT2D eigenvalue weighted by Crippen LogP contribution is -2.52. The van der Waals surface area contributed by atoms with Crippen molar-refractivity contribution < 1.29 is 19.2 Å². The lowest BCUT2D eigenvalue weighted by Gasteiger charge is -2.29. The highest BCUT2D eigenvalue weighted by atomic mass is 16.2. The number of nitrogens with zero attached hydrogens (tertiary/aromatic N) is 2. The van der Waals surface area contributed by atoms with Gasteiger partial charge in [0.25, 0.3) is 5.91 Å². The van der Waals surface area contributed by atoms with Gasteiger partial charge in [-0.1, -0.05) is 12.1 Å². The van der Waals surface area contributed by atoms with E-state index in [4.69, 9.17) is 0 Å². The maximum atomic E-state index is 12.8. The van der Waals surface area contributed by atoms with Crippen LogP contribution in [-0.2, 0) is 27.3 Å². The fourth-order valence-corrected chi connectivity index (χ4v) is 4.20. The van der Waals surface area contributed by atoms with Crippen molar-refractivity contribution in [3.05, 3.63) is 34.9 Å². The molecule has 4 rings (SSSR count). The van der Waals surface area contributed by atoms with Crippen LogP contribution in [-0.4, -0.2) is 65.6 Å². The summed E-state index contributed by atoms with van der Waals surface area (Å²) in [6, 6.07) is 4.93. The standard InChI is InChI=1S/C20H24N4O4/c25-17-6-5-16(19(27)22-17)24-12-15-13(2-1-3-14(15)20(24)28)4-7-18(26)23-10-8-21-9-11-23/h1-3,16,21H,4-12H2,(H,22,25,27). The van der Waals surface area contributed by atoms with Gasteiger partial charge >= 0.3 is 0 Å². The molecular formula is C20H24N4O4. The number of hydrogen-bond acceptors (Lipinski definition) is 5. The van der Waals surface area contributed by atoms with Crippen molar-refractivity contribution in [2.75, 3.05) is 26.2 Å². The lowest BCUT2D eigenvalue weighted by molar-refractivity contribution is -0.137. The van der Waals surface area contributed by atoms with E-state index >= 15 is 0 Å². The number of fused-ring (bicyclic) bond motifs is 1. The van der Waals surface area contributed by atoms with Gasteiger partial charge in [-0.3, -0.25) is 24.5 Å². The Hall–Kier alpha value is -2.74. The Morgan fingerprint density at radius 2 is 1.93 bits per heavy atom. The molecule has 148 valence electrons. The summed E-state index contributed by atoms with van der Waals surface area (Å²) in [7, 11) is 0. The van der Waals surface area contributed by atoms with E-state index in [-0.39, 0.29) is 24.1 Å². The molecule has 0 aliphatic carbocycles. The van der Waals surface area contributed by atoms with E-state index in [1.54, 1.807) is 11.0 Å². The third-order valence-corrected chi connectivity index (χ3v) is 5.76. The smallest absolute Gasteiger partial charge is 0.255 e. The highest BCUT2D eigenvalue weighted by Crippen LogP contribution is 2.30. The zero-order chi connectivity index (χ0) is 19.7. The summed E-state index contributed by atoms with van der Waals surface area (Å²) >= 11 is 0. The SMILES string of the molecule is O=C1CCC(N2Cc3c(CCC(=O)N4CCNCC4)cccc3C2=O)C(=O)N1. The molecule has 1 unspecified atom stereocenters. The zero-order valence-electron chi connectivity index (χ0n) is 15.7. The topological polar surface area (TPSA) is 98.8 Å². The van der Waals surface area contributed by atoms with Gasteiger partial charge in [-0.05, 0) is 30.0 Å². The fraction of sp³-hybridized carbons (Fsp3) is 0.500. The largest absolute Gasteiger partial charge is 0.340 e. The second-order valence-corrected chi connectivity index (χ2v) is 7.47. The van der Waals surface area contributed by atoms with Crippen LogP contribution >= 0.6 is 0 Å². The number of imide groups is 1. The molecule has 3 heterocycles. The van der Waals surface area contributed by atoms with Gasteiger partial charge in [0.1, 0.15) is 6.04 Å². The number of nitrogens with one attached hydrogen (secondary N) is 2. The van der Waals surface area contributed by atoms with Crippen LogP contribution in [0, 0.1) is 0 Å². The summed E-state index contributed by atoms with van der Waals surface area (Å²) in [5.41, 5.74) is 2.46. The summed E-state index contributed by atoms with van der Waals surface area (Å²) < 4.78 is 0. The first-order chi connectivity index (χ1) is 13.5. The van der Waals surface area contributed by atoms with Crippen LogP contribution in [0.5, 0.6) is 0 Å². The Bertz CT molecular complexity index is 831. The molecule has 1 aromatic carbocycles. The maximum absolute atomic E-state index is 12.8. The zero-order valence-corrected chi connectivity index (χ0v) is 15.7. The molecule has 0 bridgehead atoms. The molecule has 3 aliphatic heterocycles. The van der Waals surface area contributed by atoms with Crippen LogP contribution in [0.25, 0.3) is 0 Å².